The maximum absolute atomic E-state index is 4.25. The van der Waals surface area contributed by atoms with Gasteiger partial charge in [0.15, 0.2) is 0 Å². The summed E-state index contributed by atoms with van der Waals surface area (Å²) < 4.78 is 0. The molecule has 2 heteroatoms. The zero-order valence-electron chi connectivity index (χ0n) is 3.53. The van der Waals surface area contributed by atoms with Crippen LogP contribution in [-0.2, 0) is 0 Å². The van der Waals surface area contributed by atoms with Crippen LogP contribution in [0.1, 0.15) is 13.3 Å². The van der Waals surface area contributed by atoms with E-state index in [9.17, 15) is 0 Å². The molecule has 0 aromatic carbocycles. The van der Waals surface area contributed by atoms with Crippen LogP contribution in [-0.4, -0.2) is 22.4 Å². The van der Waals surface area contributed by atoms with Crippen molar-refractivity contribution in [2.75, 3.05) is 0 Å². The molecule has 0 spiro atoms. The minimum atomic E-state index is 0.733. The molecule has 0 aromatic rings. The van der Waals surface area contributed by atoms with Crippen LogP contribution in [0.5, 0.6) is 0 Å². The van der Waals surface area contributed by atoms with E-state index in [1.54, 1.807) is 0 Å². The van der Waals surface area contributed by atoms with Crippen molar-refractivity contribution in [3.05, 3.63) is 6.92 Å². The Morgan fingerprint density at radius 2 is 1.80 bits per heavy atom. The van der Waals surface area contributed by atoms with Crippen molar-refractivity contribution in [2.24, 2.45) is 0 Å². The molecular formula is C3H8InS. The van der Waals surface area contributed by atoms with Crippen LogP contribution in [0.15, 0.2) is 0 Å². The summed E-state index contributed by atoms with van der Waals surface area (Å²) in [5.41, 5.74) is 0. The zero-order chi connectivity index (χ0) is 4.71. The van der Waals surface area contributed by atoms with Crippen LogP contribution in [0.4, 0.5) is 0 Å². The topological polar surface area (TPSA) is 0 Å². The Morgan fingerprint density at radius 1 is 1.80 bits per heavy atom. The Labute approximate surface area is 51.5 Å². The zero-order valence-corrected chi connectivity index (χ0v) is 8.38. The van der Waals surface area contributed by atoms with Crippen molar-refractivity contribution < 1.29 is 0 Å². The van der Waals surface area contributed by atoms with Crippen molar-refractivity contribution in [3.8, 4) is 0 Å². The fourth-order valence-corrected chi connectivity index (χ4v) is 0. The molecule has 0 N–H and O–H groups in total. The summed E-state index contributed by atoms with van der Waals surface area (Å²) in [5.74, 6) is 0. The molecule has 0 unspecified atom stereocenters. The third kappa shape index (κ3) is 40.9. The first-order valence-electron chi connectivity index (χ1n) is 1.50. The summed E-state index contributed by atoms with van der Waals surface area (Å²) in [5, 5.41) is 0. The molecule has 0 aromatic heterocycles. The van der Waals surface area contributed by atoms with Gasteiger partial charge in [0.25, 0.3) is 0 Å². The third-order valence-corrected chi connectivity index (χ3v) is 0. The molecule has 0 nitrogen and oxygen atoms in total. The number of hydrogen-bond donors (Lipinski definition) is 0. The monoisotopic (exact) mass is 191 g/mol. The first-order chi connectivity index (χ1) is 2.41. The molecule has 5 heavy (non-hydrogen) atoms. The quantitative estimate of drug-likeness (QED) is 0.554. The van der Waals surface area contributed by atoms with E-state index in [1.807, 2.05) is 6.92 Å². The van der Waals surface area contributed by atoms with Crippen molar-refractivity contribution in [2.45, 2.75) is 13.3 Å². The van der Waals surface area contributed by atoms with Crippen LogP contribution in [0.2, 0.25) is 0 Å². The third-order valence-electron chi connectivity index (χ3n) is 0. The molecule has 0 aliphatic carbocycles. The Kier molecular flexibility index (Phi) is 36.8. The summed E-state index contributed by atoms with van der Waals surface area (Å²) in [7, 11) is 4.25. The van der Waals surface area contributed by atoms with E-state index in [0.29, 0.717) is 0 Å². The molecule has 0 saturated carbocycles. The Morgan fingerprint density at radius 3 is 1.80 bits per heavy atom. The van der Waals surface area contributed by atoms with Gasteiger partial charge < -0.3 is 0 Å². The van der Waals surface area contributed by atoms with Crippen molar-refractivity contribution in [1.29, 1.82) is 0 Å². The molecule has 0 heterocycles. The van der Waals surface area contributed by atoms with Gasteiger partial charge in [0.05, 0.1) is 0 Å². The summed E-state index contributed by atoms with van der Waals surface area (Å²) >= 11 is 0.733. The van der Waals surface area contributed by atoms with E-state index in [-0.39, 0.29) is 0 Å². The van der Waals surface area contributed by atoms with Crippen LogP contribution in [0, 0.1) is 6.92 Å². The van der Waals surface area contributed by atoms with Gasteiger partial charge in [-0.2, -0.15) is 0 Å². The molecule has 0 aliphatic heterocycles. The SMILES string of the molecule is [CH2]CC.[S]=[InH]. The fraction of sp³-hybridized carbons (Fsp3) is 0.667. The van der Waals surface area contributed by atoms with Gasteiger partial charge in [-0.25, -0.2) is 0 Å². The Balaban J connectivity index is 0. The molecule has 0 bridgehead atoms. The van der Waals surface area contributed by atoms with Crippen LogP contribution >= 0.6 is 8.92 Å². The van der Waals surface area contributed by atoms with Crippen LogP contribution in [0.3, 0.4) is 0 Å². The van der Waals surface area contributed by atoms with Gasteiger partial charge in [-0.3, -0.25) is 0 Å². The van der Waals surface area contributed by atoms with E-state index in [2.05, 4.69) is 15.8 Å². The van der Waals surface area contributed by atoms with E-state index < -0.39 is 0 Å². The van der Waals surface area contributed by atoms with E-state index >= 15 is 0 Å². The molecule has 0 rings (SSSR count). The first-order valence-corrected chi connectivity index (χ1v) is 7.02. The number of hydrogen-bond acceptors (Lipinski definition) is 1. The van der Waals surface area contributed by atoms with Crippen molar-refractivity contribution >= 4 is 31.3 Å². The van der Waals surface area contributed by atoms with Crippen molar-refractivity contribution in [3.63, 3.8) is 0 Å². The molecule has 0 saturated heterocycles. The predicted molar refractivity (Wildman–Crippen MR) is 30.4 cm³/mol. The van der Waals surface area contributed by atoms with Gasteiger partial charge in [0.2, 0.25) is 0 Å². The normalized spacial score (nSPS) is 4.20. The predicted octanol–water partition coefficient (Wildman–Crippen LogP) is 1.23. The average molecular weight is 191 g/mol. The van der Waals surface area contributed by atoms with Crippen molar-refractivity contribution in [1.82, 2.24) is 0 Å². The average Bonchev–Trinajstić information content (AvgIpc) is 1.46. The Bertz CT molecular complexity index is 10.9. The second-order valence-electron chi connectivity index (χ2n) is 0.500. The molecule has 0 amide bonds. The van der Waals surface area contributed by atoms with Gasteiger partial charge in [-0.05, 0) is 0 Å². The molecular weight excluding hydrogens is 183 g/mol. The van der Waals surface area contributed by atoms with E-state index in [1.165, 1.54) is 0 Å². The second kappa shape index (κ2) is 19.5. The van der Waals surface area contributed by atoms with Crippen LogP contribution in [0.25, 0.3) is 0 Å². The summed E-state index contributed by atoms with van der Waals surface area (Å²) in [6.45, 7) is 5.50. The maximum atomic E-state index is 4.25. The summed E-state index contributed by atoms with van der Waals surface area (Å²) in [4.78, 5) is 0. The van der Waals surface area contributed by atoms with E-state index in [0.717, 1.165) is 28.8 Å². The summed E-state index contributed by atoms with van der Waals surface area (Å²) in [6, 6.07) is 0. The van der Waals surface area contributed by atoms with Gasteiger partial charge in [0, 0.05) is 0 Å². The minimum absolute atomic E-state index is 0.733. The van der Waals surface area contributed by atoms with Gasteiger partial charge in [0.1, 0.15) is 0 Å². The second-order valence-corrected chi connectivity index (χ2v) is 0.500. The molecule has 0 atom stereocenters. The standard InChI is InChI=1S/C3H7.In.S.H/c1-3-2;;;/h1,3H2,2H3;;;. The number of rotatable bonds is 0. The van der Waals surface area contributed by atoms with Gasteiger partial charge in [-0.1, -0.05) is 20.3 Å². The molecule has 1 radical (unpaired) electrons. The van der Waals surface area contributed by atoms with Gasteiger partial charge in [-0.15, -0.1) is 0 Å². The van der Waals surface area contributed by atoms with Gasteiger partial charge >= 0.3 is 31.3 Å². The molecule has 0 aliphatic rings. The molecule has 0 fully saturated rings. The first kappa shape index (κ1) is 9.43. The Hall–Kier alpha value is 1.09. The van der Waals surface area contributed by atoms with Crippen LogP contribution < -0.4 is 0 Å². The fourth-order valence-electron chi connectivity index (χ4n) is 0. The van der Waals surface area contributed by atoms with E-state index in [4.69, 9.17) is 0 Å². The summed E-state index contributed by atoms with van der Waals surface area (Å²) in [6.07, 6.45) is 1.00. The molecule has 29 valence electrons.